The van der Waals surface area contributed by atoms with E-state index in [1.807, 2.05) is 158 Å². The SMILES string of the molecule is CN1C(=O)N(c2ccc(Cc3ccc(N=C=O)cc3)cc2)C1=Nc1ccc(Cc2ccc(N3C(=O)N(c4ccc(Cc5ccc(N=C=O)cc5)cc4)C3=Nc3ccc(Cc4ccc(N=C=O)cc4)cc3)cc2)cc1. The first kappa shape index (κ1) is 47.5. The third-order valence-corrected chi connectivity index (χ3v) is 12.6. The number of carbonyl (C=O) groups excluding carboxylic acids is 5. The molecule has 8 aromatic carbocycles. The van der Waals surface area contributed by atoms with Gasteiger partial charge < -0.3 is 0 Å². The molecular weight excluding hydrogens is 927 g/mol. The van der Waals surface area contributed by atoms with Crippen LogP contribution in [0.25, 0.3) is 0 Å². The van der Waals surface area contributed by atoms with Gasteiger partial charge in [-0.25, -0.2) is 48.7 Å². The van der Waals surface area contributed by atoms with E-state index in [1.165, 1.54) is 4.90 Å². The van der Waals surface area contributed by atoms with Crippen LogP contribution in [0.1, 0.15) is 44.5 Å². The van der Waals surface area contributed by atoms with Gasteiger partial charge >= 0.3 is 12.1 Å². The van der Waals surface area contributed by atoms with E-state index in [2.05, 4.69) is 15.0 Å². The maximum Gasteiger partial charge on any atom is 0.342 e. The Morgan fingerprint density at radius 2 is 0.541 bits per heavy atom. The fourth-order valence-electron chi connectivity index (χ4n) is 8.72. The zero-order valence-corrected chi connectivity index (χ0v) is 39.9. The minimum atomic E-state index is -0.243. The average molecular weight is 970 g/mol. The van der Waals surface area contributed by atoms with E-state index in [0.717, 1.165) is 44.5 Å². The monoisotopic (exact) mass is 969 g/mol. The molecule has 358 valence electrons. The number of isocyanates is 3. The van der Waals surface area contributed by atoms with E-state index in [1.54, 1.807) is 76.4 Å². The highest BCUT2D eigenvalue weighted by molar-refractivity contribution is 6.43. The van der Waals surface area contributed by atoms with Crippen LogP contribution < -0.4 is 14.7 Å². The van der Waals surface area contributed by atoms with Crippen LogP contribution in [0.4, 0.5) is 55.1 Å². The summed E-state index contributed by atoms with van der Waals surface area (Å²) in [6.45, 7) is 0. The Hall–Kier alpha value is -10.2. The first-order chi connectivity index (χ1) is 36.2. The predicted octanol–water partition coefficient (Wildman–Crippen LogP) is 12.6. The molecule has 4 amide bonds. The standard InChI is InChI=1S/C60H43N9O5/c1-66-57(67(59(66)73)54-28-12-46(13-29-54)35-42-4-20-50(21-5-42)62-39-71)64-52-24-8-45(9-25-52)37-48-16-32-56(33-17-48)69-58(65-53-26-10-44(11-27-53)34-41-2-18-49(19-3-41)61-38-70)68(60(69)74)55-30-14-47(15-31-55)36-43-6-22-51(23-7-43)63-40-72/h2-33H,34-37H2,1H3. The Morgan fingerprint density at radius 3 is 0.811 bits per heavy atom. The summed E-state index contributed by atoms with van der Waals surface area (Å²) in [6.07, 6.45) is 7.33. The van der Waals surface area contributed by atoms with Crippen LogP contribution in [0.3, 0.4) is 0 Å². The summed E-state index contributed by atoms with van der Waals surface area (Å²) in [4.78, 5) is 86.2. The van der Waals surface area contributed by atoms with Crippen LogP contribution >= 0.6 is 0 Å². The zero-order valence-electron chi connectivity index (χ0n) is 39.9. The summed E-state index contributed by atoms with van der Waals surface area (Å²) in [5.41, 5.74) is 13.5. The molecule has 0 unspecified atom stereocenters. The minimum absolute atomic E-state index is 0.176. The van der Waals surface area contributed by atoms with Crippen LogP contribution in [0.15, 0.2) is 219 Å². The molecule has 0 bridgehead atoms. The molecule has 2 aliphatic rings. The van der Waals surface area contributed by atoms with Gasteiger partial charge in [0.15, 0.2) is 0 Å². The van der Waals surface area contributed by atoms with Crippen molar-refractivity contribution >= 4 is 87.7 Å². The van der Waals surface area contributed by atoms with Gasteiger partial charge in [-0.15, -0.1) is 0 Å². The van der Waals surface area contributed by atoms with Gasteiger partial charge in [-0.05, 0) is 167 Å². The van der Waals surface area contributed by atoms with E-state index < -0.39 is 0 Å². The topological polar surface area (TPSA) is 160 Å². The second kappa shape index (κ2) is 21.4. The number of rotatable bonds is 16. The number of aliphatic imine (C=N–C) groups is 5. The molecule has 0 atom stereocenters. The van der Waals surface area contributed by atoms with E-state index in [4.69, 9.17) is 9.98 Å². The Kier molecular flexibility index (Phi) is 13.7. The van der Waals surface area contributed by atoms with Crippen LogP contribution in [0.2, 0.25) is 0 Å². The van der Waals surface area contributed by atoms with Gasteiger partial charge in [0, 0.05) is 7.05 Å². The van der Waals surface area contributed by atoms with Crippen molar-refractivity contribution in [3.8, 4) is 0 Å². The van der Waals surface area contributed by atoms with E-state index >= 15 is 0 Å². The molecule has 2 saturated heterocycles. The van der Waals surface area contributed by atoms with E-state index in [9.17, 15) is 24.0 Å². The van der Waals surface area contributed by atoms with Crippen molar-refractivity contribution in [1.29, 1.82) is 0 Å². The predicted molar refractivity (Wildman–Crippen MR) is 286 cm³/mol. The van der Waals surface area contributed by atoms with Crippen molar-refractivity contribution in [3.05, 3.63) is 239 Å². The van der Waals surface area contributed by atoms with Gasteiger partial charge in [0.25, 0.3) is 0 Å². The molecule has 8 aromatic rings. The van der Waals surface area contributed by atoms with Crippen LogP contribution in [0.5, 0.6) is 0 Å². The maximum absolute atomic E-state index is 14.2. The van der Waals surface area contributed by atoms with Gasteiger partial charge in [-0.2, -0.15) is 15.0 Å². The fraction of sp³-hybridized carbons (Fsp3) is 0.0833. The molecule has 0 aliphatic carbocycles. The molecule has 0 N–H and O–H groups in total. The van der Waals surface area contributed by atoms with Gasteiger partial charge in [0.1, 0.15) is 0 Å². The number of anilines is 3. The summed E-state index contributed by atoms with van der Waals surface area (Å²) in [6, 6.07) is 61.1. The molecule has 14 nitrogen and oxygen atoms in total. The molecule has 0 spiro atoms. The quantitative estimate of drug-likeness (QED) is 0.0695. The van der Waals surface area contributed by atoms with Crippen LogP contribution in [-0.4, -0.2) is 54.2 Å². The Bertz CT molecular complexity index is 3580. The largest absolute Gasteiger partial charge is 0.342 e. The van der Waals surface area contributed by atoms with Gasteiger partial charge in [-0.1, -0.05) is 97.1 Å². The van der Waals surface area contributed by atoms with Crippen molar-refractivity contribution in [2.45, 2.75) is 25.7 Å². The van der Waals surface area contributed by atoms with Crippen LogP contribution in [-0.2, 0) is 40.1 Å². The lowest BCUT2D eigenvalue weighted by atomic mass is 10.0. The number of guanidine groups is 2. The second-order valence-electron chi connectivity index (χ2n) is 17.6. The third kappa shape index (κ3) is 10.6. The summed E-state index contributed by atoms with van der Waals surface area (Å²) < 4.78 is 0. The number of carbonyl (C=O) groups is 2. The summed E-state index contributed by atoms with van der Waals surface area (Å²) in [5, 5.41) is 0. The molecule has 10 rings (SSSR count). The fourth-order valence-corrected chi connectivity index (χ4v) is 8.72. The molecule has 0 saturated carbocycles. The van der Waals surface area contributed by atoms with E-state index in [-0.39, 0.29) is 12.1 Å². The number of hydrogen-bond donors (Lipinski definition) is 0. The minimum Gasteiger partial charge on any atom is -0.266 e. The van der Waals surface area contributed by atoms with Crippen molar-refractivity contribution in [2.24, 2.45) is 25.0 Å². The number of benzene rings is 8. The van der Waals surface area contributed by atoms with Gasteiger partial charge in [0.05, 0.1) is 45.5 Å². The smallest absolute Gasteiger partial charge is 0.266 e. The first-order valence-electron chi connectivity index (χ1n) is 23.6. The zero-order chi connectivity index (χ0) is 51.0. The highest BCUT2D eigenvalue weighted by atomic mass is 16.2. The molecule has 2 fully saturated rings. The van der Waals surface area contributed by atoms with Crippen LogP contribution in [0, 0.1) is 0 Å². The van der Waals surface area contributed by atoms with E-state index in [0.29, 0.717) is 83.1 Å². The molecule has 0 aromatic heterocycles. The summed E-state index contributed by atoms with van der Waals surface area (Å²) >= 11 is 0. The Balaban J connectivity index is 0.826. The molecule has 2 aliphatic heterocycles. The lowest BCUT2D eigenvalue weighted by Crippen LogP contribution is -2.65. The maximum atomic E-state index is 14.2. The highest BCUT2D eigenvalue weighted by Crippen LogP contribution is 2.34. The molecule has 14 heteroatoms. The average Bonchev–Trinajstić information content (AvgIpc) is 3.43. The Labute approximate surface area is 426 Å². The first-order valence-corrected chi connectivity index (χ1v) is 23.6. The van der Waals surface area contributed by atoms with Crippen molar-refractivity contribution in [1.82, 2.24) is 4.90 Å². The number of hydrogen-bond acceptors (Lipinski definition) is 10. The van der Waals surface area contributed by atoms with Gasteiger partial charge in [-0.3, -0.25) is 4.90 Å². The summed E-state index contributed by atoms with van der Waals surface area (Å²) in [7, 11) is 1.70. The number of urea groups is 2. The lowest BCUT2D eigenvalue weighted by molar-refractivity contribution is 0.225. The molecule has 0 radical (unpaired) electrons. The lowest BCUT2D eigenvalue weighted by Gasteiger charge is -2.42. The number of amides is 4. The highest BCUT2D eigenvalue weighted by Gasteiger charge is 2.44. The van der Waals surface area contributed by atoms with Crippen molar-refractivity contribution < 1.29 is 24.0 Å². The second-order valence-corrected chi connectivity index (χ2v) is 17.6. The van der Waals surface area contributed by atoms with Crippen molar-refractivity contribution in [2.75, 3.05) is 21.7 Å². The number of nitrogens with zero attached hydrogens (tertiary/aromatic N) is 9. The molecule has 74 heavy (non-hydrogen) atoms. The Morgan fingerprint density at radius 1 is 0.311 bits per heavy atom. The van der Waals surface area contributed by atoms with Crippen molar-refractivity contribution in [3.63, 3.8) is 0 Å². The molecular formula is C60H43N9O5. The summed E-state index contributed by atoms with van der Waals surface area (Å²) in [5.74, 6) is 0.977. The molecule has 2 heterocycles. The van der Waals surface area contributed by atoms with Gasteiger partial charge in [0.2, 0.25) is 30.2 Å². The third-order valence-electron chi connectivity index (χ3n) is 12.6. The normalized spacial score (nSPS) is 14.0.